The predicted octanol–water partition coefficient (Wildman–Crippen LogP) is 15.9. The van der Waals surface area contributed by atoms with Crippen molar-refractivity contribution in [1.29, 1.82) is 0 Å². The topological polar surface area (TPSA) is 13.1 Å². The van der Waals surface area contributed by atoms with Crippen molar-refractivity contribution in [2.24, 2.45) is 0 Å². The zero-order valence-electron chi connectivity index (χ0n) is 32.7. The first kappa shape index (κ1) is 33.3. The summed E-state index contributed by atoms with van der Waals surface area (Å²) >= 11 is 0. The van der Waals surface area contributed by atoms with Crippen molar-refractivity contribution in [2.45, 2.75) is 5.41 Å². The van der Waals surface area contributed by atoms with Gasteiger partial charge in [-0.1, -0.05) is 176 Å². The van der Waals surface area contributed by atoms with Gasteiger partial charge in [-0.05, 0) is 141 Å². The largest absolute Gasteiger partial charge is 0.456 e. The number of hydrogen-bond donors (Lipinski definition) is 0. The molecule has 0 unspecified atom stereocenters. The Labute approximate surface area is 347 Å². The first-order valence-corrected chi connectivity index (χ1v) is 20.8. The molecule has 1 nitrogen and oxygen atoms in total. The molecule has 0 bridgehead atoms. The Morgan fingerprint density at radius 1 is 0.283 bits per heavy atom. The molecule has 1 aliphatic rings. The van der Waals surface area contributed by atoms with Gasteiger partial charge in [0.05, 0.1) is 5.41 Å². The molecule has 1 aromatic heterocycles. The van der Waals surface area contributed by atoms with Gasteiger partial charge in [-0.25, -0.2) is 0 Å². The van der Waals surface area contributed by atoms with Gasteiger partial charge in [0.1, 0.15) is 11.2 Å². The zero-order chi connectivity index (χ0) is 39.4. The Kier molecular flexibility index (Phi) is 7.00. The molecule has 13 rings (SSSR count). The quantitative estimate of drug-likeness (QED) is 0.129. The smallest absolute Gasteiger partial charge is 0.136 e. The molecule has 1 heterocycles. The summed E-state index contributed by atoms with van der Waals surface area (Å²) in [7, 11) is 0. The molecular formula is C59H36O. The first-order valence-electron chi connectivity index (χ1n) is 20.8. The van der Waals surface area contributed by atoms with Crippen molar-refractivity contribution in [3.05, 3.63) is 241 Å². The van der Waals surface area contributed by atoms with Crippen molar-refractivity contribution < 1.29 is 4.42 Å². The second-order valence-corrected chi connectivity index (χ2v) is 16.3. The Hall–Kier alpha value is -7.74. The predicted molar refractivity (Wildman–Crippen MR) is 252 cm³/mol. The number of furan rings is 1. The summed E-state index contributed by atoms with van der Waals surface area (Å²) in [6.07, 6.45) is 0. The van der Waals surface area contributed by atoms with E-state index in [2.05, 4.69) is 212 Å². The maximum absolute atomic E-state index is 6.39. The van der Waals surface area contributed by atoms with Crippen LogP contribution in [0.25, 0.3) is 98.4 Å². The van der Waals surface area contributed by atoms with Crippen molar-refractivity contribution in [1.82, 2.24) is 0 Å². The van der Waals surface area contributed by atoms with E-state index in [0.29, 0.717) is 0 Å². The van der Waals surface area contributed by atoms with Gasteiger partial charge in [-0.15, -0.1) is 0 Å². The van der Waals surface area contributed by atoms with Gasteiger partial charge in [0.25, 0.3) is 0 Å². The van der Waals surface area contributed by atoms with Gasteiger partial charge in [0.2, 0.25) is 0 Å². The van der Waals surface area contributed by atoms with E-state index in [0.717, 1.165) is 27.5 Å². The minimum absolute atomic E-state index is 0.562. The Balaban J connectivity index is 1.11. The van der Waals surface area contributed by atoms with Crippen molar-refractivity contribution in [3.63, 3.8) is 0 Å². The molecule has 12 aromatic rings. The fourth-order valence-corrected chi connectivity index (χ4v) is 10.7. The van der Waals surface area contributed by atoms with Gasteiger partial charge >= 0.3 is 0 Å². The maximum atomic E-state index is 6.39. The summed E-state index contributed by atoms with van der Waals surface area (Å²) in [5, 5.41) is 12.3. The molecule has 1 heteroatoms. The van der Waals surface area contributed by atoms with E-state index in [1.54, 1.807) is 0 Å². The minimum Gasteiger partial charge on any atom is -0.456 e. The van der Waals surface area contributed by atoms with Crippen LogP contribution in [-0.4, -0.2) is 0 Å². The van der Waals surface area contributed by atoms with Crippen molar-refractivity contribution in [3.8, 4) is 33.4 Å². The lowest BCUT2D eigenvalue weighted by Gasteiger charge is -2.34. The van der Waals surface area contributed by atoms with Gasteiger partial charge < -0.3 is 4.42 Å². The molecule has 0 atom stereocenters. The average Bonchev–Trinajstić information content (AvgIpc) is 3.83. The van der Waals surface area contributed by atoms with Crippen LogP contribution >= 0.6 is 0 Å². The lowest BCUT2D eigenvalue weighted by atomic mass is 9.67. The van der Waals surface area contributed by atoms with Crippen LogP contribution in [0.15, 0.2) is 223 Å². The molecule has 0 amide bonds. The highest BCUT2D eigenvalue weighted by molar-refractivity contribution is 6.20. The van der Waals surface area contributed by atoms with Crippen molar-refractivity contribution in [2.75, 3.05) is 0 Å². The van der Waals surface area contributed by atoms with Gasteiger partial charge in [0.15, 0.2) is 0 Å². The van der Waals surface area contributed by atoms with Crippen LogP contribution in [0, 0.1) is 0 Å². The standard InChI is InChI=1S/C59H36O/c1-3-17-42(18-4-1)59(43-19-5-2-6-20-43)54-34-41(58-46-22-10-8-15-38(46)32-52-44-21-9-7-14-37(44)26-31-50(52)58)28-29-47(54)53-36-51-39(33-55(53)59)16-13-24-45(51)40-27-30-49-48-23-11-12-25-56(48)60-57(49)35-40/h1-36H. The second kappa shape index (κ2) is 12.6. The van der Waals surface area contributed by atoms with Crippen molar-refractivity contribution >= 4 is 65.0 Å². The number of rotatable bonds is 4. The molecule has 0 N–H and O–H groups in total. The monoisotopic (exact) mass is 760 g/mol. The number of fused-ring (bicyclic) bond motifs is 11. The summed E-state index contributed by atoms with van der Waals surface area (Å²) in [6.45, 7) is 0. The molecule has 0 saturated heterocycles. The second-order valence-electron chi connectivity index (χ2n) is 16.3. The number of benzene rings is 11. The lowest BCUT2D eigenvalue weighted by molar-refractivity contribution is 0.669. The molecule has 11 aromatic carbocycles. The van der Waals surface area contributed by atoms with Crippen LogP contribution in [0.3, 0.4) is 0 Å². The summed E-state index contributed by atoms with van der Waals surface area (Å²) in [6, 6.07) is 80.9. The summed E-state index contributed by atoms with van der Waals surface area (Å²) in [4.78, 5) is 0. The summed E-state index contributed by atoms with van der Waals surface area (Å²) < 4.78 is 6.39. The Bertz CT molecular complexity index is 3660. The SMILES string of the molecule is c1ccc(C2(c3ccccc3)c3cc(-c4c5ccccc5cc5c4ccc4ccccc45)ccc3-c3cc4c(-c5ccc6c(c5)oc5ccccc56)cccc4cc32)cc1. The van der Waals surface area contributed by atoms with Gasteiger partial charge in [-0.3, -0.25) is 0 Å². The third-order valence-electron chi connectivity index (χ3n) is 13.3. The molecular weight excluding hydrogens is 725 g/mol. The van der Waals surface area contributed by atoms with Crippen LogP contribution < -0.4 is 0 Å². The summed E-state index contributed by atoms with van der Waals surface area (Å²) in [5.74, 6) is 0. The number of hydrogen-bond acceptors (Lipinski definition) is 1. The minimum atomic E-state index is -0.562. The molecule has 1 aliphatic carbocycles. The van der Waals surface area contributed by atoms with Crippen LogP contribution in [-0.2, 0) is 5.41 Å². The first-order chi connectivity index (χ1) is 29.7. The fourth-order valence-electron chi connectivity index (χ4n) is 10.7. The van der Waals surface area contributed by atoms with Crippen LogP contribution in [0.4, 0.5) is 0 Å². The van der Waals surface area contributed by atoms with E-state index in [1.165, 1.54) is 93.2 Å². The average molecular weight is 761 g/mol. The highest BCUT2D eigenvalue weighted by Crippen LogP contribution is 2.58. The highest BCUT2D eigenvalue weighted by atomic mass is 16.3. The highest BCUT2D eigenvalue weighted by Gasteiger charge is 2.46. The van der Waals surface area contributed by atoms with E-state index in [1.807, 2.05) is 6.07 Å². The van der Waals surface area contributed by atoms with Crippen LogP contribution in [0.1, 0.15) is 22.3 Å². The normalized spacial score (nSPS) is 13.1. The molecule has 60 heavy (non-hydrogen) atoms. The van der Waals surface area contributed by atoms with Crippen LogP contribution in [0.5, 0.6) is 0 Å². The van der Waals surface area contributed by atoms with E-state index < -0.39 is 5.41 Å². The van der Waals surface area contributed by atoms with Gasteiger partial charge in [0, 0.05) is 10.8 Å². The molecule has 0 saturated carbocycles. The van der Waals surface area contributed by atoms with Crippen LogP contribution in [0.2, 0.25) is 0 Å². The van der Waals surface area contributed by atoms with E-state index in [-0.39, 0.29) is 0 Å². The molecule has 0 radical (unpaired) electrons. The molecule has 0 aliphatic heterocycles. The maximum Gasteiger partial charge on any atom is 0.136 e. The zero-order valence-corrected chi connectivity index (χ0v) is 32.7. The fraction of sp³-hybridized carbons (Fsp3) is 0.0169. The third kappa shape index (κ3) is 4.63. The Morgan fingerprint density at radius 2 is 0.900 bits per heavy atom. The summed E-state index contributed by atoms with van der Waals surface area (Å²) in [5.41, 5.74) is 13.8. The molecule has 0 spiro atoms. The molecule has 0 fully saturated rings. The third-order valence-corrected chi connectivity index (χ3v) is 13.3. The van der Waals surface area contributed by atoms with E-state index in [9.17, 15) is 0 Å². The number of para-hydroxylation sites is 1. The van der Waals surface area contributed by atoms with E-state index in [4.69, 9.17) is 4.42 Å². The lowest BCUT2D eigenvalue weighted by Crippen LogP contribution is -2.28. The Morgan fingerprint density at radius 3 is 1.72 bits per heavy atom. The van der Waals surface area contributed by atoms with E-state index >= 15 is 0 Å². The molecule has 278 valence electrons. The van der Waals surface area contributed by atoms with Gasteiger partial charge in [-0.2, -0.15) is 0 Å².